The van der Waals surface area contributed by atoms with Crippen LogP contribution in [-0.4, -0.2) is 53.8 Å². The summed E-state index contributed by atoms with van der Waals surface area (Å²) in [5.74, 6) is -0.433. The summed E-state index contributed by atoms with van der Waals surface area (Å²) in [4.78, 5) is 11.5. The van der Waals surface area contributed by atoms with Gasteiger partial charge in [-0.3, -0.25) is 9.48 Å². The van der Waals surface area contributed by atoms with E-state index in [1.165, 1.54) is 0 Å². The van der Waals surface area contributed by atoms with Gasteiger partial charge in [0.25, 0.3) is 0 Å². The Morgan fingerprint density at radius 1 is 1.23 bits per heavy atom. The Kier molecular flexibility index (Phi) is 5.84. The van der Waals surface area contributed by atoms with Gasteiger partial charge in [-0.25, -0.2) is 8.42 Å². The second-order valence-electron chi connectivity index (χ2n) is 7.94. The highest BCUT2D eigenvalue weighted by Gasteiger charge is 2.34. The number of fused-ring (bicyclic) bond motifs is 1. The van der Waals surface area contributed by atoms with Gasteiger partial charge >= 0.3 is 5.97 Å². The third-order valence-corrected chi connectivity index (χ3v) is 8.05. The molecule has 2 aliphatic heterocycles. The molecule has 1 atom stereocenters. The van der Waals surface area contributed by atoms with Crippen molar-refractivity contribution in [3.05, 3.63) is 41.2 Å². The number of rotatable bonds is 6. The highest BCUT2D eigenvalue weighted by molar-refractivity contribution is 7.89. The average molecular weight is 434 g/mol. The molecule has 1 unspecified atom stereocenters. The van der Waals surface area contributed by atoms with E-state index >= 15 is 0 Å². The van der Waals surface area contributed by atoms with Gasteiger partial charge in [0.05, 0.1) is 24.6 Å². The Bertz CT molecular complexity index is 1040. The van der Waals surface area contributed by atoms with E-state index in [0.29, 0.717) is 54.2 Å². The molecule has 0 bridgehead atoms. The first-order chi connectivity index (χ1) is 14.4. The second kappa shape index (κ2) is 8.39. The third-order valence-electron chi connectivity index (χ3n) is 6.09. The van der Waals surface area contributed by atoms with Crippen molar-refractivity contribution in [1.29, 1.82) is 0 Å². The van der Waals surface area contributed by atoms with Gasteiger partial charge < -0.3 is 9.84 Å². The number of aliphatic carboxylic acids is 1. The number of carbonyl (C=O) groups is 1. The molecule has 3 heterocycles. The minimum absolute atomic E-state index is 0.0903. The Labute approximate surface area is 176 Å². The van der Waals surface area contributed by atoms with E-state index in [4.69, 9.17) is 4.74 Å². The summed E-state index contributed by atoms with van der Waals surface area (Å²) in [6.07, 6.45) is 5.57. The van der Waals surface area contributed by atoms with Gasteiger partial charge in [-0.1, -0.05) is 12.5 Å². The Hall–Kier alpha value is -2.39. The normalized spacial score (nSPS) is 20.0. The van der Waals surface area contributed by atoms with Gasteiger partial charge in [-0.15, -0.1) is 0 Å². The lowest BCUT2D eigenvalue weighted by atomic mass is 9.87. The molecule has 0 aliphatic carbocycles. The molecule has 1 saturated heterocycles. The van der Waals surface area contributed by atoms with Crippen LogP contribution in [0.4, 0.5) is 0 Å². The molecule has 1 aromatic carbocycles. The molecule has 0 saturated carbocycles. The van der Waals surface area contributed by atoms with E-state index in [0.717, 1.165) is 25.0 Å². The van der Waals surface area contributed by atoms with Crippen LogP contribution in [-0.2, 0) is 34.2 Å². The fourth-order valence-corrected chi connectivity index (χ4v) is 6.44. The van der Waals surface area contributed by atoms with Crippen molar-refractivity contribution in [3.63, 3.8) is 0 Å². The van der Waals surface area contributed by atoms with Crippen LogP contribution in [0, 0.1) is 0 Å². The van der Waals surface area contributed by atoms with E-state index in [1.807, 2.05) is 4.68 Å². The molecule has 162 valence electrons. The fraction of sp³-hybridized carbons (Fsp3) is 0.524. The van der Waals surface area contributed by atoms with Crippen molar-refractivity contribution < 1.29 is 23.1 Å². The first-order valence-electron chi connectivity index (χ1n) is 10.3. The maximum absolute atomic E-state index is 13.5. The Morgan fingerprint density at radius 2 is 2.00 bits per heavy atom. The van der Waals surface area contributed by atoms with E-state index in [2.05, 4.69) is 5.10 Å². The van der Waals surface area contributed by atoms with Crippen LogP contribution in [0.25, 0.3) is 0 Å². The van der Waals surface area contributed by atoms with E-state index in [-0.39, 0.29) is 12.3 Å². The number of hydrogen-bond donors (Lipinski definition) is 1. The van der Waals surface area contributed by atoms with Crippen LogP contribution < -0.4 is 4.74 Å². The van der Waals surface area contributed by atoms with Crippen molar-refractivity contribution in [2.24, 2.45) is 0 Å². The smallest absolute Gasteiger partial charge is 0.307 e. The Balaban J connectivity index is 1.74. The van der Waals surface area contributed by atoms with Gasteiger partial charge in [0.2, 0.25) is 10.0 Å². The zero-order valence-electron chi connectivity index (χ0n) is 17.1. The standard InChI is InChI=1S/C21H27N3O5S/c1-29-18-6-5-7-19(30(27,28)23-9-3-2-4-10-23)21(18)15-8-11-24-17(12-15)16(14-22-24)13-20(25)26/h5-7,14-15H,2-4,8-13H2,1H3,(H,25,26). The summed E-state index contributed by atoms with van der Waals surface area (Å²) < 4.78 is 36.0. The first kappa shape index (κ1) is 20.9. The van der Waals surface area contributed by atoms with Crippen molar-refractivity contribution in [2.45, 2.75) is 55.9 Å². The summed E-state index contributed by atoms with van der Waals surface area (Å²) in [5.41, 5.74) is 2.24. The molecular weight excluding hydrogens is 406 g/mol. The number of carboxylic acids is 1. The second-order valence-corrected chi connectivity index (χ2v) is 9.84. The molecular formula is C21H27N3O5S. The molecule has 2 aromatic rings. The molecule has 0 amide bonds. The fourth-order valence-electron chi connectivity index (χ4n) is 4.62. The van der Waals surface area contributed by atoms with Crippen molar-refractivity contribution >= 4 is 16.0 Å². The van der Waals surface area contributed by atoms with Gasteiger partial charge in [0.15, 0.2) is 0 Å². The van der Waals surface area contributed by atoms with E-state index in [1.54, 1.807) is 35.8 Å². The topological polar surface area (TPSA) is 102 Å². The summed E-state index contributed by atoms with van der Waals surface area (Å²) in [6.45, 7) is 1.69. The van der Waals surface area contributed by atoms with Gasteiger partial charge in [-0.05, 0) is 43.7 Å². The summed E-state index contributed by atoms with van der Waals surface area (Å²) in [6, 6.07) is 5.20. The molecule has 4 rings (SSSR count). The number of sulfonamides is 1. The number of aromatic nitrogens is 2. The highest BCUT2D eigenvalue weighted by atomic mass is 32.2. The summed E-state index contributed by atoms with van der Waals surface area (Å²) >= 11 is 0. The van der Waals surface area contributed by atoms with Crippen LogP contribution in [0.15, 0.2) is 29.3 Å². The highest BCUT2D eigenvalue weighted by Crippen LogP contribution is 2.40. The third kappa shape index (κ3) is 3.83. The zero-order valence-corrected chi connectivity index (χ0v) is 17.9. The van der Waals surface area contributed by atoms with Crippen LogP contribution in [0.3, 0.4) is 0 Å². The van der Waals surface area contributed by atoms with Crippen LogP contribution in [0.5, 0.6) is 5.75 Å². The van der Waals surface area contributed by atoms with Gasteiger partial charge in [0.1, 0.15) is 5.75 Å². The number of aryl methyl sites for hydroxylation is 1. The lowest BCUT2D eigenvalue weighted by Gasteiger charge is -2.31. The van der Waals surface area contributed by atoms with Gasteiger partial charge in [0, 0.05) is 36.5 Å². The number of methoxy groups -OCH3 is 1. The number of ether oxygens (including phenoxy) is 1. The van der Waals surface area contributed by atoms with Crippen molar-refractivity contribution in [1.82, 2.24) is 14.1 Å². The van der Waals surface area contributed by atoms with Crippen LogP contribution in [0.2, 0.25) is 0 Å². The van der Waals surface area contributed by atoms with Gasteiger partial charge in [-0.2, -0.15) is 9.40 Å². The number of benzene rings is 1. The maximum Gasteiger partial charge on any atom is 0.307 e. The van der Waals surface area contributed by atoms with Crippen molar-refractivity contribution in [3.8, 4) is 5.75 Å². The monoisotopic (exact) mass is 433 g/mol. The molecule has 1 fully saturated rings. The number of carboxylic acid groups (broad SMARTS) is 1. The number of piperidine rings is 1. The minimum atomic E-state index is -3.63. The largest absolute Gasteiger partial charge is 0.496 e. The lowest BCUT2D eigenvalue weighted by molar-refractivity contribution is -0.136. The summed E-state index contributed by atoms with van der Waals surface area (Å²) in [5, 5.41) is 13.5. The van der Waals surface area contributed by atoms with Crippen LogP contribution in [0.1, 0.15) is 48.4 Å². The molecule has 0 radical (unpaired) electrons. The molecule has 1 N–H and O–H groups in total. The molecule has 1 aromatic heterocycles. The molecule has 0 spiro atoms. The SMILES string of the molecule is COc1cccc(S(=O)(=O)N2CCCCC2)c1C1CCn2ncc(CC(=O)O)c2C1. The van der Waals surface area contributed by atoms with E-state index in [9.17, 15) is 18.3 Å². The van der Waals surface area contributed by atoms with E-state index < -0.39 is 16.0 Å². The minimum Gasteiger partial charge on any atom is -0.496 e. The Morgan fingerprint density at radius 3 is 2.70 bits per heavy atom. The summed E-state index contributed by atoms with van der Waals surface area (Å²) in [7, 11) is -2.08. The molecule has 30 heavy (non-hydrogen) atoms. The molecule has 9 heteroatoms. The predicted molar refractivity (Wildman–Crippen MR) is 110 cm³/mol. The van der Waals surface area contributed by atoms with Crippen molar-refractivity contribution in [2.75, 3.05) is 20.2 Å². The quantitative estimate of drug-likeness (QED) is 0.751. The van der Waals surface area contributed by atoms with Crippen LogP contribution >= 0.6 is 0 Å². The predicted octanol–water partition coefficient (Wildman–Crippen LogP) is 2.42. The molecule has 2 aliphatic rings. The molecule has 8 nitrogen and oxygen atoms in total. The maximum atomic E-state index is 13.5. The zero-order chi connectivity index (χ0) is 21.3. The number of nitrogens with zero attached hydrogens (tertiary/aromatic N) is 3. The lowest BCUT2D eigenvalue weighted by Crippen LogP contribution is -2.36. The number of hydrogen-bond acceptors (Lipinski definition) is 5. The first-order valence-corrected chi connectivity index (χ1v) is 11.8. The average Bonchev–Trinajstić information content (AvgIpc) is 3.15.